The Morgan fingerprint density at radius 1 is 1.07 bits per heavy atom. The Balaban J connectivity index is 1.67. The van der Waals surface area contributed by atoms with E-state index in [9.17, 15) is 9.59 Å². The van der Waals surface area contributed by atoms with E-state index in [0.29, 0.717) is 16.9 Å². The van der Waals surface area contributed by atoms with Gasteiger partial charge >= 0.3 is 5.97 Å². The smallest absolute Gasteiger partial charge is 0.337 e. The maximum atomic E-state index is 12.6. The average Bonchev–Trinajstić information content (AvgIpc) is 2.77. The Morgan fingerprint density at radius 2 is 1.86 bits per heavy atom. The average molecular weight is 390 g/mol. The molecule has 0 aliphatic carbocycles. The summed E-state index contributed by atoms with van der Waals surface area (Å²) in [6.07, 6.45) is 6.03. The van der Waals surface area contributed by atoms with E-state index >= 15 is 0 Å². The molecule has 1 aromatic carbocycles. The molecular formula is C22H22N4O3. The van der Waals surface area contributed by atoms with Crippen molar-refractivity contribution in [1.29, 1.82) is 0 Å². The molecule has 0 atom stereocenters. The molecule has 0 saturated heterocycles. The first-order chi connectivity index (χ1) is 14.1. The third-order valence-electron chi connectivity index (χ3n) is 4.44. The van der Waals surface area contributed by atoms with E-state index in [-0.39, 0.29) is 5.91 Å². The topological polar surface area (TPSA) is 84.4 Å². The van der Waals surface area contributed by atoms with Gasteiger partial charge in [-0.3, -0.25) is 14.8 Å². The first kappa shape index (κ1) is 20.0. The van der Waals surface area contributed by atoms with E-state index < -0.39 is 5.97 Å². The van der Waals surface area contributed by atoms with Gasteiger partial charge < -0.3 is 15.0 Å². The van der Waals surface area contributed by atoms with Crippen molar-refractivity contribution in [3.8, 4) is 0 Å². The summed E-state index contributed by atoms with van der Waals surface area (Å²) in [5.41, 5.74) is 3.24. The van der Waals surface area contributed by atoms with E-state index in [4.69, 9.17) is 4.74 Å². The first-order valence-electron chi connectivity index (χ1n) is 9.12. The van der Waals surface area contributed by atoms with Gasteiger partial charge in [0.2, 0.25) is 0 Å². The van der Waals surface area contributed by atoms with Gasteiger partial charge in [0.05, 0.1) is 12.7 Å². The number of ether oxygens (including phenoxy) is 1. The summed E-state index contributed by atoms with van der Waals surface area (Å²) in [4.78, 5) is 34.5. The summed E-state index contributed by atoms with van der Waals surface area (Å²) in [6, 6.07) is 14.1. The predicted octanol–water partition coefficient (Wildman–Crippen LogP) is 3.19. The Labute approximate surface area is 169 Å². The van der Waals surface area contributed by atoms with Crippen LogP contribution < -0.4 is 10.2 Å². The normalized spacial score (nSPS) is 10.3. The lowest BCUT2D eigenvalue weighted by Crippen LogP contribution is -2.21. The van der Waals surface area contributed by atoms with Gasteiger partial charge in [0.25, 0.3) is 5.91 Å². The number of esters is 1. The maximum Gasteiger partial charge on any atom is 0.337 e. The van der Waals surface area contributed by atoms with Crippen molar-refractivity contribution in [1.82, 2.24) is 9.97 Å². The van der Waals surface area contributed by atoms with E-state index in [1.54, 1.807) is 48.9 Å². The zero-order valence-corrected chi connectivity index (χ0v) is 16.3. The zero-order chi connectivity index (χ0) is 20.6. The number of anilines is 2. The second-order valence-electron chi connectivity index (χ2n) is 6.45. The molecule has 0 radical (unpaired) electrons. The van der Waals surface area contributed by atoms with E-state index in [2.05, 4.69) is 20.2 Å². The van der Waals surface area contributed by atoms with Crippen molar-refractivity contribution in [3.05, 3.63) is 83.9 Å². The van der Waals surface area contributed by atoms with Crippen LogP contribution in [0.3, 0.4) is 0 Å². The fraction of sp³-hybridized carbons (Fsp3) is 0.182. The van der Waals surface area contributed by atoms with Crippen LogP contribution in [0.4, 0.5) is 11.4 Å². The van der Waals surface area contributed by atoms with Crippen LogP contribution >= 0.6 is 0 Å². The maximum absolute atomic E-state index is 12.6. The molecule has 0 aliphatic heterocycles. The van der Waals surface area contributed by atoms with Crippen LogP contribution in [0.15, 0.2) is 67.1 Å². The number of amides is 1. The highest BCUT2D eigenvalue weighted by molar-refractivity contribution is 6.04. The fourth-order valence-corrected chi connectivity index (χ4v) is 2.79. The van der Waals surface area contributed by atoms with Crippen LogP contribution in [0.2, 0.25) is 0 Å². The van der Waals surface area contributed by atoms with Crippen molar-refractivity contribution in [2.24, 2.45) is 0 Å². The lowest BCUT2D eigenvalue weighted by Gasteiger charge is -2.19. The second kappa shape index (κ2) is 9.45. The van der Waals surface area contributed by atoms with Crippen LogP contribution in [0.25, 0.3) is 0 Å². The lowest BCUT2D eigenvalue weighted by atomic mass is 10.2. The van der Waals surface area contributed by atoms with E-state index in [0.717, 1.165) is 18.7 Å². The molecule has 7 heteroatoms. The van der Waals surface area contributed by atoms with Gasteiger partial charge in [-0.1, -0.05) is 6.07 Å². The molecule has 0 bridgehead atoms. The summed E-state index contributed by atoms with van der Waals surface area (Å²) in [6.45, 7) is 0.788. The van der Waals surface area contributed by atoms with E-state index in [1.807, 2.05) is 25.2 Å². The monoisotopic (exact) mass is 390 g/mol. The van der Waals surface area contributed by atoms with Gasteiger partial charge in [0, 0.05) is 43.6 Å². The number of nitrogens with zero attached hydrogens (tertiary/aromatic N) is 3. The minimum atomic E-state index is -0.461. The highest BCUT2D eigenvalue weighted by Crippen LogP contribution is 2.16. The molecule has 0 unspecified atom stereocenters. The largest absolute Gasteiger partial charge is 0.465 e. The molecule has 0 spiro atoms. The summed E-state index contributed by atoms with van der Waals surface area (Å²) >= 11 is 0. The van der Waals surface area contributed by atoms with Crippen LogP contribution in [0.1, 0.15) is 26.4 Å². The SMILES string of the molecule is COC(=O)c1cccc(NC(=O)c2cc(N(C)CCc3ccncc3)ccn2)c1. The van der Waals surface area contributed by atoms with Crippen molar-refractivity contribution >= 4 is 23.3 Å². The molecule has 7 nitrogen and oxygen atoms in total. The number of pyridine rings is 2. The molecule has 0 fully saturated rings. The molecular weight excluding hydrogens is 368 g/mol. The van der Waals surface area contributed by atoms with Crippen LogP contribution in [-0.2, 0) is 11.2 Å². The summed E-state index contributed by atoms with van der Waals surface area (Å²) < 4.78 is 4.70. The van der Waals surface area contributed by atoms with Gasteiger partial charge in [0.15, 0.2) is 0 Å². The number of carbonyl (C=O) groups excluding carboxylic acids is 2. The number of hydrogen-bond donors (Lipinski definition) is 1. The number of benzene rings is 1. The molecule has 1 N–H and O–H groups in total. The molecule has 0 saturated carbocycles. The molecule has 2 heterocycles. The Hall–Kier alpha value is -3.74. The van der Waals surface area contributed by atoms with Gasteiger partial charge in [-0.15, -0.1) is 0 Å². The fourth-order valence-electron chi connectivity index (χ4n) is 2.79. The highest BCUT2D eigenvalue weighted by Gasteiger charge is 2.12. The second-order valence-corrected chi connectivity index (χ2v) is 6.45. The van der Waals surface area contributed by atoms with Crippen molar-refractivity contribution in [2.45, 2.75) is 6.42 Å². The lowest BCUT2D eigenvalue weighted by molar-refractivity contribution is 0.0600. The number of rotatable bonds is 7. The Morgan fingerprint density at radius 3 is 2.62 bits per heavy atom. The highest BCUT2D eigenvalue weighted by atomic mass is 16.5. The zero-order valence-electron chi connectivity index (χ0n) is 16.3. The molecule has 148 valence electrons. The van der Waals surface area contributed by atoms with Crippen molar-refractivity contribution in [2.75, 3.05) is 30.9 Å². The summed E-state index contributed by atoms with van der Waals surface area (Å²) in [5, 5.41) is 2.77. The molecule has 0 aliphatic rings. The van der Waals surface area contributed by atoms with E-state index in [1.165, 1.54) is 12.7 Å². The summed E-state index contributed by atoms with van der Waals surface area (Å²) in [7, 11) is 3.28. The third kappa shape index (κ3) is 5.38. The van der Waals surface area contributed by atoms with Crippen LogP contribution in [0, 0.1) is 0 Å². The van der Waals surface area contributed by atoms with Crippen molar-refractivity contribution < 1.29 is 14.3 Å². The minimum absolute atomic E-state index is 0.293. The quantitative estimate of drug-likeness (QED) is 0.624. The number of likely N-dealkylation sites (N-methyl/N-ethyl adjacent to an activating group) is 1. The number of aromatic nitrogens is 2. The molecule has 3 rings (SSSR count). The van der Waals surface area contributed by atoms with Gasteiger partial charge in [-0.2, -0.15) is 0 Å². The standard InChI is InChI=1S/C22H22N4O3/c1-26(13-9-16-6-10-23-11-7-16)19-8-12-24-20(15-19)21(27)25-18-5-3-4-17(14-18)22(28)29-2/h3-8,10-12,14-15H,9,13H2,1-2H3,(H,25,27). The number of methoxy groups -OCH3 is 1. The number of hydrogen-bond acceptors (Lipinski definition) is 6. The van der Waals surface area contributed by atoms with Crippen molar-refractivity contribution in [3.63, 3.8) is 0 Å². The van der Waals surface area contributed by atoms with Crippen LogP contribution in [-0.4, -0.2) is 42.5 Å². The Kier molecular flexibility index (Phi) is 6.52. The molecule has 3 aromatic rings. The first-order valence-corrected chi connectivity index (χ1v) is 9.12. The van der Waals surface area contributed by atoms with Gasteiger partial charge in [-0.25, -0.2) is 4.79 Å². The minimum Gasteiger partial charge on any atom is -0.465 e. The predicted molar refractivity (Wildman–Crippen MR) is 111 cm³/mol. The number of carbonyl (C=O) groups is 2. The Bertz CT molecular complexity index is 992. The molecule has 1 amide bonds. The van der Waals surface area contributed by atoms with Crippen LogP contribution in [0.5, 0.6) is 0 Å². The molecule has 2 aromatic heterocycles. The number of nitrogens with one attached hydrogen (secondary N) is 1. The van der Waals surface area contributed by atoms with Gasteiger partial charge in [0.1, 0.15) is 5.69 Å². The van der Waals surface area contributed by atoms with Gasteiger partial charge in [-0.05, 0) is 54.4 Å². The summed E-state index contributed by atoms with van der Waals surface area (Å²) in [5.74, 6) is -0.812. The molecule has 29 heavy (non-hydrogen) atoms. The third-order valence-corrected chi connectivity index (χ3v) is 4.44.